The molecule has 154 valence electrons. The summed E-state index contributed by atoms with van der Waals surface area (Å²) in [5.41, 5.74) is 0.463. The summed E-state index contributed by atoms with van der Waals surface area (Å²) in [6.07, 6.45) is 2.66. The summed E-state index contributed by atoms with van der Waals surface area (Å²) in [5, 5.41) is 4.18. The van der Waals surface area contributed by atoms with Gasteiger partial charge in [0.15, 0.2) is 17.2 Å². The molecule has 7 nitrogen and oxygen atoms in total. The molecular weight excluding hydrogens is 402 g/mol. The molecule has 0 spiro atoms. The van der Waals surface area contributed by atoms with Gasteiger partial charge in [-0.3, -0.25) is 9.52 Å². The number of sulfonamides is 1. The van der Waals surface area contributed by atoms with Gasteiger partial charge in [-0.05, 0) is 30.5 Å². The first-order valence-electron chi connectivity index (χ1n) is 8.88. The number of hydrogen-bond acceptors (Lipinski definition) is 5. The van der Waals surface area contributed by atoms with E-state index in [1.807, 2.05) is 0 Å². The normalized spacial score (nSPS) is 11.9. The highest BCUT2D eigenvalue weighted by Crippen LogP contribution is 2.24. The zero-order valence-electron chi connectivity index (χ0n) is 16.1. The van der Waals surface area contributed by atoms with E-state index in [2.05, 4.69) is 14.8 Å². The van der Waals surface area contributed by atoms with Crippen molar-refractivity contribution in [3.63, 3.8) is 0 Å². The van der Waals surface area contributed by atoms with E-state index in [1.165, 1.54) is 10.7 Å². The summed E-state index contributed by atoms with van der Waals surface area (Å²) >= 11 is 0. The van der Waals surface area contributed by atoms with Gasteiger partial charge in [0.25, 0.3) is 0 Å². The lowest BCUT2D eigenvalue weighted by atomic mass is 10.0. The molecule has 2 aromatic heterocycles. The van der Waals surface area contributed by atoms with Crippen LogP contribution >= 0.6 is 0 Å². The molecule has 0 aliphatic rings. The zero-order valence-corrected chi connectivity index (χ0v) is 16.9. The molecule has 1 N–H and O–H groups in total. The Morgan fingerprint density at radius 3 is 2.69 bits per heavy atom. The van der Waals surface area contributed by atoms with Gasteiger partial charge in [-0.2, -0.15) is 5.10 Å². The molecule has 10 heteroatoms. The standard InChI is InChI=1S/C19H20F2N4O3S/c1-11(2)10-29(27,28)24-15-5-4-14(20)18(19(15)21)16(26)7-13-8-22-17-6-12(3)23-25(17)9-13/h4-6,8-9,11,24H,7,10H2,1-3H3. The molecule has 0 bridgehead atoms. The van der Waals surface area contributed by atoms with Gasteiger partial charge in [0.05, 0.1) is 22.7 Å². The summed E-state index contributed by atoms with van der Waals surface area (Å²) in [7, 11) is -3.84. The van der Waals surface area contributed by atoms with Crippen LogP contribution in [0, 0.1) is 24.5 Å². The number of anilines is 1. The number of carbonyl (C=O) groups is 1. The molecule has 0 aliphatic heterocycles. The fourth-order valence-corrected chi connectivity index (χ4v) is 4.39. The average molecular weight is 422 g/mol. The van der Waals surface area contributed by atoms with E-state index in [0.717, 1.165) is 17.8 Å². The van der Waals surface area contributed by atoms with E-state index in [0.29, 0.717) is 11.2 Å². The van der Waals surface area contributed by atoms with Gasteiger partial charge in [0.1, 0.15) is 5.82 Å². The molecule has 0 radical (unpaired) electrons. The summed E-state index contributed by atoms with van der Waals surface area (Å²) in [6, 6.07) is 3.57. The number of benzene rings is 1. The van der Waals surface area contributed by atoms with Crippen molar-refractivity contribution in [3.05, 3.63) is 59.0 Å². The van der Waals surface area contributed by atoms with Crippen molar-refractivity contribution in [1.82, 2.24) is 14.6 Å². The monoisotopic (exact) mass is 422 g/mol. The number of hydrogen-bond donors (Lipinski definition) is 1. The van der Waals surface area contributed by atoms with Crippen LogP contribution < -0.4 is 4.72 Å². The minimum Gasteiger partial charge on any atom is -0.294 e. The molecular formula is C19H20F2N4O3S. The number of nitrogens with one attached hydrogen (secondary N) is 1. The average Bonchev–Trinajstić information content (AvgIpc) is 2.95. The third kappa shape index (κ3) is 4.76. The van der Waals surface area contributed by atoms with Gasteiger partial charge < -0.3 is 0 Å². The number of nitrogens with zero attached hydrogens (tertiary/aromatic N) is 3. The van der Waals surface area contributed by atoms with Crippen molar-refractivity contribution in [3.8, 4) is 0 Å². The summed E-state index contributed by atoms with van der Waals surface area (Å²) in [5.74, 6) is -3.57. The highest BCUT2D eigenvalue weighted by molar-refractivity contribution is 7.92. The zero-order chi connectivity index (χ0) is 21.3. The number of fused-ring (bicyclic) bond motifs is 1. The largest absolute Gasteiger partial charge is 0.294 e. The van der Waals surface area contributed by atoms with Gasteiger partial charge in [-0.1, -0.05) is 13.8 Å². The van der Waals surface area contributed by atoms with Crippen molar-refractivity contribution < 1.29 is 22.0 Å². The SMILES string of the molecule is Cc1cc2ncc(CC(=O)c3c(F)ccc(NS(=O)(=O)CC(C)C)c3F)cn2n1. The van der Waals surface area contributed by atoms with Crippen LogP contribution in [0.5, 0.6) is 0 Å². The number of halogens is 2. The smallest absolute Gasteiger partial charge is 0.233 e. The maximum Gasteiger partial charge on any atom is 0.233 e. The maximum atomic E-state index is 14.8. The van der Waals surface area contributed by atoms with Crippen molar-refractivity contribution in [1.29, 1.82) is 0 Å². The van der Waals surface area contributed by atoms with Crippen LogP contribution in [0.3, 0.4) is 0 Å². The molecule has 0 amide bonds. The Labute approximate surface area is 166 Å². The van der Waals surface area contributed by atoms with Gasteiger partial charge in [0, 0.05) is 24.9 Å². The van der Waals surface area contributed by atoms with E-state index in [4.69, 9.17) is 0 Å². The van der Waals surface area contributed by atoms with Gasteiger partial charge in [-0.25, -0.2) is 26.7 Å². The number of carbonyl (C=O) groups excluding carboxylic acids is 1. The first-order chi connectivity index (χ1) is 13.6. The number of aromatic nitrogens is 3. The van der Waals surface area contributed by atoms with Crippen molar-refractivity contribution in [2.45, 2.75) is 27.2 Å². The van der Waals surface area contributed by atoms with Crippen LogP contribution in [-0.4, -0.2) is 34.6 Å². The Morgan fingerprint density at radius 1 is 1.28 bits per heavy atom. The molecule has 0 atom stereocenters. The summed E-state index contributed by atoms with van der Waals surface area (Å²) < 4.78 is 56.7. The van der Waals surface area contributed by atoms with Crippen LogP contribution in [0.2, 0.25) is 0 Å². The van der Waals surface area contributed by atoms with E-state index >= 15 is 0 Å². The van der Waals surface area contributed by atoms with Gasteiger partial charge in [-0.15, -0.1) is 0 Å². The third-order valence-electron chi connectivity index (χ3n) is 4.04. The highest BCUT2D eigenvalue weighted by atomic mass is 32.2. The van der Waals surface area contributed by atoms with Gasteiger partial charge in [0.2, 0.25) is 10.0 Å². The number of aryl methyl sites for hydroxylation is 1. The Hall–Kier alpha value is -2.88. The minimum absolute atomic E-state index is 0.189. The predicted octanol–water partition coefficient (Wildman–Crippen LogP) is 3.14. The van der Waals surface area contributed by atoms with Crippen molar-refractivity contribution >= 4 is 27.1 Å². The Morgan fingerprint density at radius 2 is 2.00 bits per heavy atom. The molecule has 29 heavy (non-hydrogen) atoms. The second kappa shape index (κ2) is 7.86. The van der Waals surface area contributed by atoms with Crippen LogP contribution in [0.15, 0.2) is 30.6 Å². The van der Waals surface area contributed by atoms with E-state index in [9.17, 15) is 22.0 Å². The Balaban J connectivity index is 1.89. The van der Waals surface area contributed by atoms with E-state index in [-0.39, 0.29) is 18.1 Å². The van der Waals surface area contributed by atoms with Crippen LogP contribution in [0.1, 0.15) is 35.5 Å². The fourth-order valence-electron chi connectivity index (χ4n) is 2.93. The van der Waals surface area contributed by atoms with Crippen LogP contribution in [-0.2, 0) is 16.4 Å². The molecule has 0 unspecified atom stereocenters. The lowest BCUT2D eigenvalue weighted by Gasteiger charge is -2.13. The summed E-state index contributed by atoms with van der Waals surface area (Å²) in [6.45, 7) is 5.18. The quantitative estimate of drug-likeness (QED) is 0.591. The lowest BCUT2D eigenvalue weighted by molar-refractivity contribution is 0.0984. The van der Waals surface area contributed by atoms with E-state index < -0.39 is 38.7 Å². The second-order valence-electron chi connectivity index (χ2n) is 7.21. The van der Waals surface area contributed by atoms with E-state index in [1.54, 1.807) is 33.0 Å². The number of ketones is 1. The second-order valence-corrected chi connectivity index (χ2v) is 8.98. The molecule has 0 saturated heterocycles. The van der Waals surface area contributed by atoms with Crippen molar-refractivity contribution in [2.24, 2.45) is 5.92 Å². The van der Waals surface area contributed by atoms with Crippen LogP contribution in [0.4, 0.5) is 14.5 Å². The molecule has 0 saturated carbocycles. The molecule has 0 fully saturated rings. The Bertz CT molecular complexity index is 1190. The molecule has 3 aromatic rings. The van der Waals surface area contributed by atoms with Crippen LogP contribution in [0.25, 0.3) is 5.65 Å². The third-order valence-corrected chi connectivity index (χ3v) is 5.68. The molecule has 0 aliphatic carbocycles. The minimum atomic E-state index is -3.84. The summed E-state index contributed by atoms with van der Waals surface area (Å²) in [4.78, 5) is 16.7. The Kier molecular flexibility index (Phi) is 5.65. The number of Topliss-reactive ketones (excluding diaryl/α,β-unsaturated/α-hetero) is 1. The number of rotatable bonds is 7. The molecule has 2 heterocycles. The van der Waals surface area contributed by atoms with Crippen molar-refractivity contribution in [2.75, 3.05) is 10.5 Å². The predicted molar refractivity (Wildman–Crippen MR) is 104 cm³/mol. The molecule has 1 aromatic carbocycles. The maximum absolute atomic E-state index is 14.8. The van der Waals surface area contributed by atoms with Gasteiger partial charge >= 0.3 is 0 Å². The highest BCUT2D eigenvalue weighted by Gasteiger charge is 2.23. The molecule has 3 rings (SSSR count). The fraction of sp³-hybridized carbons (Fsp3) is 0.316. The first kappa shape index (κ1) is 20.8. The first-order valence-corrected chi connectivity index (χ1v) is 10.5. The lowest BCUT2D eigenvalue weighted by Crippen LogP contribution is -2.21. The topological polar surface area (TPSA) is 93.4 Å².